The number of carbonyl (C=O) groups is 1. The molecule has 1 amide bonds. The van der Waals surface area contributed by atoms with E-state index in [0.29, 0.717) is 37.1 Å². The van der Waals surface area contributed by atoms with E-state index in [1.165, 1.54) is 6.20 Å². The Morgan fingerprint density at radius 1 is 1.03 bits per heavy atom. The highest BCUT2D eigenvalue weighted by molar-refractivity contribution is 5.79. The number of nitrogens with zero attached hydrogens (tertiary/aromatic N) is 2. The number of ether oxygens (including phenoxy) is 3. The second-order valence-corrected chi connectivity index (χ2v) is 10.8. The molecule has 0 unspecified atom stereocenters. The lowest BCUT2D eigenvalue weighted by Crippen LogP contribution is -2.40. The van der Waals surface area contributed by atoms with E-state index >= 15 is 0 Å². The highest BCUT2D eigenvalue weighted by Gasteiger charge is 2.30. The molecule has 0 saturated carbocycles. The quantitative estimate of drug-likeness (QED) is 0.216. The summed E-state index contributed by atoms with van der Waals surface area (Å²) in [6.45, 7) is 9.30. The smallest absolute Gasteiger partial charge is 0.251 e. The number of rotatable bonds is 16. The van der Waals surface area contributed by atoms with E-state index < -0.39 is 18.1 Å². The topological polar surface area (TPSA) is 129 Å². The van der Waals surface area contributed by atoms with Crippen molar-refractivity contribution >= 4 is 5.91 Å². The summed E-state index contributed by atoms with van der Waals surface area (Å²) in [7, 11) is 3.29. The van der Waals surface area contributed by atoms with Crippen LogP contribution >= 0.6 is 0 Å². The zero-order valence-electron chi connectivity index (χ0n) is 24.2. The molecular weight excluding hydrogens is 498 g/mol. The van der Waals surface area contributed by atoms with E-state index in [2.05, 4.69) is 18.8 Å². The molecule has 218 valence electrons. The van der Waals surface area contributed by atoms with Crippen molar-refractivity contribution in [2.75, 3.05) is 27.4 Å². The molecular formula is C30H47N3O6. The third-order valence-electron chi connectivity index (χ3n) is 7.15. The van der Waals surface area contributed by atoms with E-state index in [1.807, 2.05) is 32.0 Å². The van der Waals surface area contributed by atoms with Gasteiger partial charge in [0.05, 0.1) is 19.8 Å². The molecule has 0 bridgehead atoms. The average Bonchev–Trinajstić information content (AvgIpc) is 2.90. The Kier molecular flexibility index (Phi) is 13.5. The maximum Gasteiger partial charge on any atom is 0.251 e. The van der Waals surface area contributed by atoms with Crippen LogP contribution in [0.1, 0.15) is 52.5 Å². The number of methoxy groups -OCH3 is 2. The van der Waals surface area contributed by atoms with Gasteiger partial charge in [0, 0.05) is 38.3 Å². The van der Waals surface area contributed by atoms with Crippen LogP contribution in [0, 0.1) is 23.7 Å². The summed E-state index contributed by atoms with van der Waals surface area (Å²) in [5, 5.41) is 21.0. The number of aliphatic hydroxyl groups excluding tert-OH is 1. The highest BCUT2D eigenvalue weighted by Crippen LogP contribution is 2.31. The van der Waals surface area contributed by atoms with Crippen molar-refractivity contribution in [1.82, 2.24) is 4.73 Å². The summed E-state index contributed by atoms with van der Waals surface area (Å²) in [5.74, 6) is 0.947. The number of nitrogens with two attached hydrogens (primary N) is 1. The zero-order valence-corrected chi connectivity index (χ0v) is 24.2. The fourth-order valence-corrected chi connectivity index (χ4v) is 4.55. The van der Waals surface area contributed by atoms with Crippen LogP contribution in [0.5, 0.6) is 11.5 Å². The van der Waals surface area contributed by atoms with Gasteiger partial charge in [-0.3, -0.25) is 4.79 Å². The first-order valence-corrected chi connectivity index (χ1v) is 13.7. The molecule has 0 aliphatic carbocycles. The maximum atomic E-state index is 13.0. The van der Waals surface area contributed by atoms with Crippen molar-refractivity contribution in [3.05, 3.63) is 53.6 Å². The van der Waals surface area contributed by atoms with Crippen LogP contribution in [0.4, 0.5) is 0 Å². The number of hydrogen-bond acceptors (Lipinski definition) is 7. The number of pyridine rings is 1. The molecule has 2 aromatic rings. The van der Waals surface area contributed by atoms with Crippen molar-refractivity contribution in [1.29, 1.82) is 0 Å². The van der Waals surface area contributed by atoms with Crippen molar-refractivity contribution in [3.8, 4) is 11.5 Å². The van der Waals surface area contributed by atoms with Gasteiger partial charge in [0.15, 0.2) is 17.0 Å². The van der Waals surface area contributed by atoms with Crippen molar-refractivity contribution in [3.63, 3.8) is 0 Å². The van der Waals surface area contributed by atoms with Crippen molar-refractivity contribution < 1.29 is 29.3 Å². The van der Waals surface area contributed by atoms with Crippen molar-refractivity contribution in [2.24, 2.45) is 34.4 Å². The minimum Gasteiger partial charge on any atom is -0.493 e. The molecule has 0 aliphatic rings. The molecule has 0 aliphatic heterocycles. The van der Waals surface area contributed by atoms with Gasteiger partial charge >= 0.3 is 0 Å². The number of aliphatic hydroxyl groups is 1. The number of benzene rings is 1. The van der Waals surface area contributed by atoms with Gasteiger partial charge in [0.25, 0.3) is 5.91 Å². The molecule has 0 fully saturated rings. The van der Waals surface area contributed by atoms with E-state index in [4.69, 9.17) is 19.9 Å². The van der Waals surface area contributed by atoms with Crippen LogP contribution in [0.3, 0.4) is 0 Å². The molecule has 4 N–H and O–H groups in total. The monoisotopic (exact) mass is 545 g/mol. The predicted octanol–water partition coefficient (Wildman–Crippen LogP) is 3.83. The van der Waals surface area contributed by atoms with Gasteiger partial charge in [-0.05, 0) is 66.8 Å². The lowest BCUT2D eigenvalue weighted by molar-refractivity contribution is -0.124. The van der Waals surface area contributed by atoms with Crippen LogP contribution in [-0.2, 0) is 16.0 Å². The minimum atomic E-state index is -0.870. The molecule has 2 rings (SSSR count). The Morgan fingerprint density at radius 3 is 2.38 bits per heavy atom. The average molecular weight is 546 g/mol. The van der Waals surface area contributed by atoms with Crippen molar-refractivity contribution in [2.45, 2.75) is 65.5 Å². The molecule has 9 nitrogen and oxygen atoms in total. The Bertz CT molecular complexity index is 1080. The van der Waals surface area contributed by atoms with Gasteiger partial charge in [-0.15, -0.1) is 0 Å². The van der Waals surface area contributed by atoms with E-state index in [9.17, 15) is 15.1 Å². The molecule has 9 heteroatoms. The number of amides is 1. The van der Waals surface area contributed by atoms with Crippen LogP contribution in [-0.4, -0.2) is 60.5 Å². The van der Waals surface area contributed by atoms with Gasteiger partial charge in [0.2, 0.25) is 0 Å². The summed E-state index contributed by atoms with van der Waals surface area (Å²) < 4.78 is 17.3. The van der Waals surface area contributed by atoms with Gasteiger partial charge < -0.3 is 30.3 Å². The third kappa shape index (κ3) is 10.3. The molecule has 0 radical (unpaired) electrons. The summed E-state index contributed by atoms with van der Waals surface area (Å²) in [6.07, 6.45) is 2.89. The van der Waals surface area contributed by atoms with E-state index in [-0.39, 0.29) is 29.7 Å². The second-order valence-electron chi connectivity index (χ2n) is 10.8. The maximum absolute atomic E-state index is 13.0. The summed E-state index contributed by atoms with van der Waals surface area (Å²) >= 11 is 0. The fraction of sp³-hybridized carbons (Fsp3) is 0.600. The Morgan fingerprint density at radius 2 is 1.77 bits per heavy atom. The first-order chi connectivity index (χ1) is 18.6. The van der Waals surface area contributed by atoms with Crippen LogP contribution in [0.25, 0.3) is 0 Å². The second kappa shape index (κ2) is 16.3. The minimum absolute atomic E-state index is 0.0542. The number of aromatic nitrogens is 1. The SMILES string of the molecule is COCCCOc1cc(C[C@@H](C[C@H](N)[C@@H](O)C[C@H](C(=O)N=c2ccccn2O)C(C)C)C(C)C)ccc1OC. The van der Waals surface area contributed by atoms with Crippen LogP contribution in [0.15, 0.2) is 47.6 Å². The number of carbonyl (C=O) groups excluding carboxylic acids is 1. The van der Waals surface area contributed by atoms with Gasteiger partial charge in [0.1, 0.15) is 0 Å². The molecule has 0 saturated heterocycles. The normalized spacial score (nSPS) is 15.3. The molecule has 0 spiro atoms. The molecule has 39 heavy (non-hydrogen) atoms. The Balaban J connectivity index is 2.09. The standard InChI is InChI=1S/C30H47N3O6/c1-20(2)23(16-22-11-12-27(38-6)28(17-22)39-15-9-14-37-5)18-25(31)26(34)19-24(21(3)4)30(35)32-29-10-7-8-13-33(29)36/h7-8,10-13,17,20-21,23-26,34,36H,9,14-16,18-19,31H2,1-6H3/t23-,24-,25-,26-/m0/s1. The summed E-state index contributed by atoms with van der Waals surface area (Å²) in [6, 6.07) is 10.3. The first kappa shape index (κ1) is 32.3. The largest absolute Gasteiger partial charge is 0.493 e. The molecule has 1 aromatic heterocycles. The highest BCUT2D eigenvalue weighted by atomic mass is 16.5. The van der Waals surface area contributed by atoms with E-state index in [1.54, 1.807) is 32.4 Å². The molecule has 1 aromatic carbocycles. The Labute approximate surface area is 232 Å². The predicted molar refractivity (Wildman–Crippen MR) is 151 cm³/mol. The fourth-order valence-electron chi connectivity index (χ4n) is 4.55. The zero-order chi connectivity index (χ0) is 28.9. The van der Waals surface area contributed by atoms with E-state index in [0.717, 1.165) is 23.1 Å². The third-order valence-corrected chi connectivity index (χ3v) is 7.15. The van der Waals surface area contributed by atoms with Gasteiger partial charge in [-0.25, -0.2) is 0 Å². The Hall–Kier alpha value is -2.88. The summed E-state index contributed by atoms with van der Waals surface area (Å²) in [4.78, 5) is 17.0. The van der Waals surface area contributed by atoms with Crippen LogP contribution < -0.4 is 20.7 Å². The lowest BCUT2D eigenvalue weighted by atomic mass is 9.81. The molecule has 4 atom stereocenters. The van der Waals surface area contributed by atoms with Gasteiger partial charge in [-0.1, -0.05) is 39.8 Å². The lowest BCUT2D eigenvalue weighted by Gasteiger charge is -2.29. The molecule has 1 heterocycles. The number of hydrogen-bond donors (Lipinski definition) is 3. The summed E-state index contributed by atoms with van der Waals surface area (Å²) in [5.41, 5.74) is 7.76. The van der Waals surface area contributed by atoms with Crippen LogP contribution in [0.2, 0.25) is 0 Å². The van der Waals surface area contributed by atoms with Gasteiger partial charge in [-0.2, -0.15) is 9.72 Å². The first-order valence-electron chi connectivity index (χ1n) is 13.7.